The van der Waals surface area contributed by atoms with Crippen molar-refractivity contribution >= 4 is 38.7 Å². The molecule has 2 aliphatic heterocycles. The molecular weight excluding hydrogens is 641 g/mol. The van der Waals surface area contributed by atoms with Gasteiger partial charge in [-0.05, 0) is 89.3 Å². The highest BCUT2D eigenvalue weighted by molar-refractivity contribution is 7.85. The molecule has 7 heteroatoms. The molecule has 1 atom stereocenters. The van der Waals surface area contributed by atoms with Crippen LogP contribution in [0.2, 0.25) is 0 Å². The summed E-state index contributed by atoms with van der Waals surface area (Å²) < 4.78 is 34.9. The number of anilines is 2. The second-order valence-corrected chi connectivity index (χ2v) is 17.4. The van der Waals surface area contributed by atoms with Crippen LogP contribution in [-0.2, 0) is 25.7 Å². The van der Waals surface area contributed by atoms with E-state index in [0.717, 1.165) is 49.3 Å². The van der Waals surface area contributed by atoms with Gasteiger partial charge in [-0.2, -0.15) is 13.0 Å². The van der Waals surface area contributed by atoms with Crippen molar-refractivity contribution in [1.82, 2.24) is 0 Å². The Balaban J connectivity index is 1.51. The summed E-state index contributed by atoms with van der Waals surface area (Å²) in [5.74, 6) is 0.0929. The summed E-state index contributed by atoms with van der Waals surface area (Å²) in [4.78, 5) is 14.9. The monoisotopic (exact) mass is 695 g/mol. The summed E-state index contributed by atoms with van der Waals surface area (Å²) in [6, 6.07) is 25.6. The first-order valence-corrected chi connectivity index (χ1v) is 19.7. The molecule has 50 heavy (non-hydrogen) atoms. The lowest BCUT2D eigenvalue weighted by Gasteiger charge is -2.30. The minimum absolute atomic E-state index is 0.199. The number of para-hydroxylation sites is 2. The number of aryl methyl sites for hydroxylation is 1. The molecule has 0 fully saturated rings. The standard InChI is InChI=1S/C43H54N2O4S/c1-32-26-27-36-35(31-32)42(5,6)38(44(36)29-16-9-12-25-40(46)41(2,3)4)23-18-24-39-43(7,28-15-17-30-50(47,48)49)34-21-13-14-22-37(34)45(39)33-19-10-8-11-20-33/h8,10-11,13-14,18-24,26-27,31H,9,12,15-17,25,28-30H2,1-7H3/p+1. The Labute approximate surface area is 300 Å². The lowest BCUT2D eigenvalue weighted by molar-refractivity contribution is -0.438. The molecule has 3 aromatic carbocycles. The Hall–Kier alpha value is -3.81. The Morgan fingerprint density at radius 1 is 0.880 bits per heavy atom. The maximum absolute atomic E-state index is 12.5. The van der Waals surface area contributed by atoms with Crippen LogP contribution < -0.4 is 4.90 Å². The van der Waals surface area contributed by atoms with Gasteiger partial charge in [-0.3, -0.25) is 9.35 Å². The third kappa shape index (κ3) is 8.05. The molecule has 0 saturated carbocycles. The number of nitrogens with zero attached hydrogens (tertiary/aromatic N) is 2. The van der Waals surface area contributed by atoms with Crippen LogP contribution in [0, 0.1) is 12.3 Å². The summed E-state index contributed by atoms with van der Waals surface area (Å²) in [5.41, 5.74) is 8.75. The predicted octanol–water partition coefficient (Wildman–Crippen LogP) is 10.2. The number of carbonyl (C=O) groups excluding carboxylic acids is 1. The van der Waals surface area contributed by atoms with Crippen LogP contribution in [0.3, 0.4) is 0 Å². The molecule has 0 aromatic heterocycles. The van der Waals surface area contributed by atoms with Crippen molar-refractivity contribution in [3.63, 3.8) is 0 Å². The minimum Gasteiger partial charge on any atom is -0.313 e. The van der Waals surface area contributed by atoms with Crippen molar-refractivity contribution in [3.8, 4) is 0 Å². The second-order valence-electron chi connectivity index (χ2n) is 15.8. The Kier molecular flexibility index (Phi) is 11.1. The quantitative estimate of drug-likeness (QED) is 0.103. The molecule has 3 aromatic rings. The van der Waals surface area contributed by atoms with Crippen LogP contribution in [0.25, 0.3) is 0 Å². The fourth-order valence-electron chi connectivity index (χ4n) is 7.66. The predicted molar refractivity (Wildman–Crippen MR) is 207 cm³/mol. The smallest absolute Gasteiger partial charge is 0.264 e. The topological polar surface area (TPSA) is 77.7 Å². The Bertz CT molecular complexity index is 1920. The number of allylic oxidation sites excluding steroid dienone is 4. The van der Waals surface area contributed by atoms with Gasteiger partial charge in [-0.1, -0.05) is 81.3 Å². The number of hydrogen-bond donors (Lipinski definition) is 1. The van der Waals surface area contributed by atoms with Crippen molar-refractivity contribution in [2.45, 2.75) is 104 Å². The van der Waals surface area contributed by atoms with Crippen LogP contribution in [0.1, 0.15) is 103 Å². The van der Waals surface area contributed by atoms with E-state index in [1.807, 2.05) is 26.8 Å². The number of carbonyl (C=O) groups is 1. The summed E-state index contributed by atoms with van der Waals surface area (Å²) in [7, 11) is -4.01. The summed E-state index contributed by atoms with van der Waals surface area (Å²) in [5, 5.41) is 0. The maximum Gasteiger partial charge on any atom is 0.264 e. The van der Waals surface area contributed by atoms with Crippen LogP contribution in [0.4, 0.5) is 17.1 Å². The summed E-state index contributed by atoms with van der Waals surface area (Å²) in [6.45, 7) is 15.9. The van der Waals surface area contributed by atoms with E-state index in [9.17, 15) is 17.8 Å². The third-order valence-electron chi connectivity index (χ3n) is 10.6. The molecule has 2 heterocycles. The van der Waals surface area contributed by atoms with Crippen molar-refractivity contribution in [3.05, 3.63) is 113 Å². The molecule has 0 amide bonds. The third-order valence-corrected chi connectivity index (χ3v) is 11.4. The van der Waals surface area contributed by atoms with Crippen LogP contribution >= 0.6 is 0 Å². The number of unbranched alkanes of at least 4 members (excludes halogenated alkanes) is 3. The van der Waals surface area contributed by atoms with Crippen LogP contribution in [-0.4, -0.2) is 41.3 Å². The molecule has 1 unspecified atom stereocenters. The van der Waals surface area contributed by atoms with E-state index in [0.29, 0.717) is 25.0 Å². The fourth-order valence-corrected chi connectivity index (χ4v) is 8.23. The SMILES string of the molecule is Cc1ccc2c(c1)C(C)(C)C(/C=C/C=C1\N(c3ccccc3)c3ccccc3C1(C)CCCCS(=O)(=O)O)=[N+]2CCCCCC(=O)C(C)(C)C. The molecule has 0 saturated heterocycles. The minimum atomic E-state index is -4.01. The van der Waals surface area contributed by atoms with Crippen LogP contribution in [0.5, 0.6) is 0 Å². The Morgan fingerprint density at radius 2 is 1.58 bits per heavy atom. The molecule has 2 aliphatic rings. The van der Waals surface area contributed by atoms with E-state index in [1.54, 1.807) is 0 Å². The van der Waals surface area contributed by atoms with Gasteiger partial charge in [0.2, 0.25) is 5.69 Å². The van der Waals surface area contributed by atoms with Gasteiger partial charge in [-0.25, -0.2) is 0 Å². The largest absolute Gasteiger partial charge is 0.313 e. The molecule has 266 valence electrons. The van der Waals surface area contributed by atoms with E-state index in [2.05, 4.69) is 122 Å². The number of benzene rings is 3. The first-order valence-electron chi connectivity index (χ1n) is 18.1. The van der Waals surface area contributed by atoms with E-state index >= 15 is 0 Å². The highest BCUT2D eigenvalue weighted by Crippen LogP contribution is 2.53. The average Bonchev–Trinajstić information content (AvgIpc) is 3.42. The zero-order valence-corrected chi connectivity index (χ0v) is 31.8. The lowest BCUT2D eigenvalue weighted by atomic mass is 9.77. The average molecular weight is 696 g/mol. The van der Waals surface area contributed by atoms with Gasteiger partial charge < -0.3 is 4.90 Å². The molecule has 5 rings (SSSR count). The molecule has 0 spiro atoms. The molecule has 1 N–H and O–H groups in total. The molecule has 0 radical (unpaired) electrons. The molecule has 6 nitrogen and oxygen atoms in total. The lowest BCUT2D eigenvalue weighted by Crippen LogP contribution is -2.28. The number of rotatable bonds is 14. The van der Waals surface area contributed by atoms with Crippen LogP contribution in [0.15, 0.2) is 96.7 Å². The van der Waals surface area contributed by atoms with Gasteiger partial charge >= 0.3 is 0 Å². The summed E-state index contributed by atoms with van der Waals surface area (Å²) >= 11 is 0. The van der Waals surface area contributed by atoms with Gasteiger partial charge in [0.25, 0.3) is 10.1 Å². The van der Waals surface area contributed by atoms with Gasteiger partial charge in [0.1, 0.15) is 12.3 Å². The normalized spacial score (nSPS) is 19.4. The van der Waals surface area contributed by atoms with E-state index < -0.39 is 10.1 Å². The highest BCUT2D eigenvalue weighted by atomic mass is 32.2. The molecular formula is C43H55N2O4S+. The number of fused-ring (bicyclic) bond motifs is 2. The van der Waals surface area contributed by atoms with Gasteiger partial charge in [0, 0.05) is 58.4 Å². The first kappa shape index (κ1) is 37.4. The Morgan fingerprint density at radius 3 is 2.28 bits per heavy atom. The second kappa shape index (κ2) is 14.8. The summed E-state index contributed by atoms with van der Waals surface area (Å²) in [6.07, 6.45) is 12.0. The van der Waals surface area contributed by atoms with Crippen molar-refractivity contribution in [1.29, 1.82) is 0 Å². The number of ketones is 1. The zero-order valence-electron chi connectivity index (χ0n) is 31.0. The number of Topliss-reactive ketones (excluding diaryl/α,β-unsaturated/α-hetero) is 1. The highest BCUT2D eigenvalue weighted by Gasteiger charge is 2.45. The van der Waals surface area contributed by atoms with Crippen molar-refractivity contribution < 1.29 is 22.3 Å². The van der Waals surface area contributed by atoms with Gasteiger partial charge in [-0.15, -0.1) is 0 Å². The van der Waals surface area contributed by atoms with E-state index in [4.69, 9.17) is 0 Å². The first-order chi connectivity index (χ1) is 23.5. The van der Waals surface area contributed by atoms with E-state index in [-0.39, 0.29) is 22.0 Å². The van der Waals surface area contributed by atoms with E-state index in [1.165, 1.54) is 28.1 Å². The molecule has 0 bridgehead atoms. The fraction of sp³-hybridized carbons (Fsp3) is 0.442. The molecule has 0 aliphatic carbocycles. The maximum atomic E-state index is 12.5. The zero-order chi connectivity index (χ0) is 36.3. The van der Waals surface area contributed by atoms with Crippen molar-refractivity contribution in [2.24, 2.45) is 5.41 Å². The van der Waals surface area contributed by atoms with Gasteiger partial charge in [0.05, 0.1) is 11.2 Å². The van der Waals surface area contributed by atoms with Crippen molar-refractivity contribution in [2.75, 3.05) is 17.2 Å². The number of hydrogen-bond acceptors (Lipinski definition) is 4. The van der Waals surface area contributed by atoms with Gasteiger partial charge in [0.15, 0.2) is 5.71 Å².